The van der Waals surface area contributed by atoms with Gasteiger partial charge in [0.1, 0.15) is 22.1 Å². The van der Waals surface area contributed by atoms with Crippen molar-refractivity contribution in [1.29, 1.82) is 0 Å². The summed E-state index contributed by atoms with van der Waals surface area (Å²) in [7, 11) is 0. The number of aliphatic hydroxyl groups is 1. The molecule has 6 nitrogen and oxygen atoms in total. The standard InChI is InChI=1S/C27H23Cl2N3O3S/c1-14-19(25(32-35-14)24-20(28)4-3-5-21(24)29)13-34-18-10-15-6-7-16(11-18)27(15,33)26-31-22-9-8-17(30-2)12-23(22)36-26/h3-5,8-9,12,15-16,18,33H,6-7,10-11,13H2,1H3/t15-,16+,18?,27?. The molecular weight excluding hydrogens is 517 g/mol. The van der Waals surface area contributed by atoms with Crippen LogP contribution in [0.5, 0.6) is 0 Å². The van der Waals surface area contributed by atoms with E-state index < -0.39 is 5.60 Å². The molecule has 1 N–H and O–H groups in total. The predicted molar refractivity (Wildman–Crippen MR) is 140 cm³/mol. The van der Waals surface area contributed by atoms with Crippen LogP contribution >= 0.6 is 34.5 Å². The molecule has 2 fully saturated rings. The predicted octanol–water partition coefficient (Wildman–Crippen LogP) is 7.71. The summed E-state index contributed by atoms with van der Waals surface area (Å²) < 4.78 is 12.8. The van der Waals surface area contributed by atoms with E-state index in [1.165, 1.54) is 11.3 Å². The van der Waals surface area contributed by atoms with Gasteiger partial charge in [-0.2, -0.15) is 0 Å². The summed E-state index contributed by atoms with van der Waals surface area (Å²) in [5.41, 5.74) is 2.55. The molecule has 2 unspecified atom stereocenters. The lowest BCUT2D eigenvalue weighted by Gasteiger charge is -2.41. The zero-order valence-corrected chi connectivity index (χ0v) is 21.8. The third-order valence-corrected chi connectivity index (χ3v) is 9.48. The Morgan fingerprint density at radius 2 is 1.92 bits per heavy atom. The molecule has 2 bridgehead atoms. The fourth-order valence-electron chi connectivity index (χ4n) is 5.82. The van der Waals surface area contributed by atoms with Gasteiger partial charge >= 0.3 is 0 Å². The van der Waals surface area contributed by atoms with E-state index in [0.29, 0.717) is 39.4 Å². The number of benzene rings is 2. The second kappa shape index (κ2) is 9.13. The van der Waals surface area contributed by atoms with Crippen molar-refractivity contribution in [3.8, 4) is 11.3 Å². The fraction of sp³-hybridized carbons (Fsp3) is 0.370. The number of aryl methyl sites for hydroxylation is 1. The van der Waals surface area contributed by atoms with E-state index in [2.05, 4.69) is 10.0 Å². The highest BCUT2D eigenvalue weighted by molar-refractivity contribution is 7.18. The van der Waals surface area contributed by atoms with E-state index in [1.807, 2.05) is 19.1 Å². The summed E-state index contributed by atoms with van der Waals surface area (Å²) in [5, 5.41) is 17.9. The highest BCUT2D eigenvalue weighted by Gasteiger charge is 2.56. The van der Waals surface area contributed by atoms with E-state index in [-0.39, 0.29) is 17.9 Å². The zero-order chi connectivity index (χ0) is 25.0. The SMILES string of the molecule is [C-]#[N+]c1ccc2nc(C3(O)[C@@H]4CC[C@H]3CC(OCc3c(-c5c(Cl)cccc5Cl)noc3C)C4)sc2c1. The molecule has 2 saturated carbocycles. The molecular formula is C27H23Cl2N3O3S. The summed E-state index contributed by atoms with van der Waals surface area (Å²) in [6, 6.07) is 10.9. The second-order valence-electron chi connectivity index (χ2n) is 9.65. The van der Waals surface area contributed by atoms with Crippen molar-refractivity contribution in [3.05, 3.63) is 74.2 Å². The lowest BCUT2D eigenvalue weighted by molar-refractivity contribution is -0.116. The molecule has 9 heteroatoms. The molecule has 0 aliphatic heterocycles. The molecule has 184 valence electrons. The van der Waals surface area contributed by atoms with Crippen molar-refractivity contribution >= 4 is 50.4 Å². The van der Waals surface area contributed by atoms with Crippen LogP contribution in [0.2, 0.25) is 10.0 Å². The van der Waals surface area contributed by atoms with Crippen molar-refractivity contribution in [2.24, 2.45) is 11.8 Å². The summed E-state index contributed by atoms with van der Waals surface area (Å²) in [5.74, 6) is 0.816. The molecule has 36 heavy (non-hydrogen) atoms. The van der Waals surface area contributed by atoms with E-state index >= 15 is 0 Å². The Hall–Kier alpha value is -2.47. The summed E-state index contributed by atoms with van der Waals surface area (Å²) in [4.78, 5) is 8.31. The third kappa shape index (κ3) is 3.84. The molecule has 4 aromatic rings. The van der Waals surface area contributed by atoms with Gasteiger partial charge in [-0.1, -0.05) is 40.5 Å². The largest absolute Gasteiger partial charge is 0.382 e. The van der Waals surface area contributed by atoms with Crippen LogP contribution in [0.15, 0.2) is 40.9 Å². The Bertz CT molecular complexity index is 1470. The van der Waals surface area contributed by atoms with Gasteiger partial charge in [-0.05, 0) is 68.7 Å². The number of fused-ring (bicyclic) bond motifs is 3. The van der Waals surface area contributed by atoms with Crippen LogP contribution in [0.1, 0.15) is 42.0 Å². The van der Waals surface area contributed by atoms with Crippen molar-refractivity contribution in [2.75, 3.05) is 0 Å². The van der Waals surface area contributed by atoms with Gasteiger partial charge in [-0.15, -0.1) is 11.3 Å². The number of nitrogens with zero attached hydrogens (tertiary/aromatic N) is 3. The van der Waals surface area contributed by atoms with Crippen LogP contribution in [0.3, 0.4) is 0 Å². The van der Waals surface area contributed by atoms with Crippen LogP contribution in [0, 0.1) is 25.3 Å². The van der Waals surface area contributed by atoms with E-state index in [4.69, 9.17) is 44.0 Å². The number of rotatable bonds is 5. The van der Waals surface area contributed by atoms with E-state index in [1.54, 1.807) is 24.3 Å². The number of halogens is 2. The maximum atomic E-state index is 11.9. The normalized spacial score (nSPS) is 25.4. The van der Waals surface area contributed by atoms with Crippen LogP contribution < -0.4 is 0 Å². The zero-order valence-electron chi connectivity index (χ0n) is 19.5. The third-order valence-electron chi connectivity index (χ3n) is 7.69. The summed E-state index contributed by atoms with van der Waals surface area (Å²) in [6.07, 6.45) is 3.40. The second-order valence-corrected chi connectivity index (χ2v) is 11.5. The average Bonchev–Trinajstić information content (AvgIpc) is 3.49. The topological polar surface area (TPSA) is 72.7 Å². The number of hydrogen-bond donors (Lipinski definition) is 1. The minimum absolute atomic E-state index is 0.00902. The first-order valence-corrected chi connectivity index (χ1v) is 13.5. The molecule has 0 radical (unpaired) electrons. The Labute approximate surface area is 222 Å². The Morgan fingerprint density at radius 3 is 2.61 bits per heavy atom. The summed E-state index contributed by atoms with van der Waals surface area (Å²) >= 11 is 14.4. The van der Waals surface area contributed by atoms with Crippen LogP contribution in [-0.4, -0.2) is 21.4 Å². The maximum absolute atomic E-state index is 11.9. The maximum Gasteiger partial charge on any atom is 0.188 e. The highest BCUT2D eigenvalue weighted by atomic mass is 35.5. The van der Waals surface area contributed by atoms with Crippen LogP contribution in [0.25, 0.3) is 26.3 Å². The Balaban J connectivity index is 1.21. The minimum atomic E-state index is -0.953. The van der Waals surface area contributed by atoms with Crippen molar-refractivity contribution in [1.82, 2.24) is 10.1 Å². The first-order chi connectivity index (χ1) is 17.4. The molecule has 0 spiro atoms. The first-order valence-electron chi connectivity index (χ1n) is 11.9. The molecule has 0 saturated heterocycles. The van der Waals surface area contributed by atoms with Gasteiger partial charge in [0.05, 0.1) is 34.8 Å². The lowest BCUT2D eigenvalue weighted by atomic mass is 9.73. The van der Waals surface area contributed by atoms with Crippen molar-refractivity contribution < 1.29 is 14.4 Å². The van der Waals surface area contributed by atoms with E-state index in [0.717, 1.165) is 46.5 Å². The molecule has 0 amide bonds. The first kappa shape index (κ1) is 23.9. The van der Waals surface area contributed by atoms with Crippen LogP contribution in [0.4, 0.5) is 5.69 Å². The Kier molecular flexibility index (Phi) is 6.06. The minimum Gasteiger partial charge on any atom is -0.382 e. The quantitative estimate of drug-likeness (QED) is 0.263. The number of aromatic nitrogens is 2. The molecule has 2 heterocycles. The molecule has 2 aromatic carbocycles. The molecule has 2 aromatic heterocycles. The highest BCUT2D eigenvalue weighted by Crippen LogP contribution is 2.57. The molecule has 2 aliphatic carbocycles. The number of thiazole rings is 1. The molecule has 2 aliphatic rings. The van der Waals surface area contributed by atoms with Crippen molar-refractivity contribution in [2.45, 2.75) is 50.9 Å². The molecule has 4 atom stereocenters. The monoisotopic (exact) mass is 539 g/mol. The smallest absolute Gasteiger partial charge is 0.188 e. The van der Waals surface area contributed by atoms with Gasteiger partial charge in [0.25, 0.3) is 0 Å². The van der Waals surface area contributed by atoms with Crippen LogP contribution in [-0.2, 0) is 16.9 Å². The van der Waals surface area contributed by atoms with E-state index in [9.17, 15) is 5.11 Å². The van der Waals surface area contributed by atoms with Gasteiger partial charge in [0, 0.05) is 15.8 Å². The number of hydrogen-bond acceptors (Lipinski definition) is 6. The average molecular weight is 540 g/mol. The van der Waals surface area contributed by atoms with Gasteiger partial charge < -0.3 is 14.4 Å². The van der Waals surface area contributed by atoms with Gasteiger partial charge in [0.2, 0.25) is 0 Å². The molecule has 6 rings (SSSR count). The van der Waals surface area contributed by atoms with Crippen molar-refractivity contribution in [3.63, 3.8) is 0 Å². The lowest BCUT2D eigenvalue weighted by Crippen LogP contribution is -2.44. The van der Waals surface area contributed by atoms with Gasteiger partial charge in [-0.25, -0.2) is 9.83 Å². The fourth-order valence-corrected chi connectivity index (χ4v) is 7.65. The van der Waals surface area contributed by atoms with Gasteiger partial charge in [-0.3, -0.25) is 0 Å². The number of ether oxygens (including phenoxy) is 1. The summed E-state index contributed by atoms with van der Waals surface area (Å²) in [6.45, 7) is 9.45. The van der Waals surface area contributed by atoms with Gasteiger partial charge in [0.15, 0.2) is 5.69 Å². The Morgan fingerprint density at radius 1 is 1.19 bits per heavy atom.